The van der Waals surface area contributed by atoms with Crippen LogP contribution in [-0.2, 0) is 26.2 Å². The number of nitrogens with zero attached hydrogens (tertiary/aromatic N) is 1. The van der Waals surface area contributed by atoms with Crippen molar-refractivity contribution in [3.8, 4) is 17.2 Å². The normalized spacial score (nSPS) is 19.7. The molecule has 1 atom stereocenters. The number of carbonyl (C=O) groups excluding carboxylic acids is 2. The van der Waals surface area contributed by atoms with Crippen LogP contribution in [0.2, 0.25) is 0 Å². The summed E-state index contributed by atoms with van der Waals surface area (Å²) < 4.78 is 44.3. The first-order valence-corrected chi connectivity index (χ1v) is 12.5. The molecule has 1 saturated heterocycles. The molecule has 180 valence electrons. The lowest BCUT2D eigenvalue weighted by Crippen LogP contribution is -2.45. The minimum Gasteiger partial charge on any atom is -0.482 e. The van der Waals surface area contributed by atoms with E-state index in [-0.39, 0.29) is 36.7 Å². The summed E-state index contributed by atoms with van der Waals surface area (Å²) in [6.07, 6.45) is 1.19. The molecule has 0 aromatic heterocycles. The Kier molecular flexibility index (Phi) is 5.82. The van der Waals surface area contributed by atoms with Crippen molar-refractivity contribution in [2.45, 2.75) is 31.2 Å². The van der Waals surface area contributed by atoms with E-state index in [1.807, 2.05) is 12.1 Å². The predicted molar refractivity (Wildman–Crippen MR) is 121 cm³/mol. The van der Waals surface area contributed by atoms with Crippen LogP contribution in [-0.4, -0.2) is 51.0 Å². The zero-order chi connectivity index (χ0) is 23.9. The molecule has 3 heterocycles. The third-order valence-electron chi connectivity index (χ3n) is 6.19. The van der Waals surface area contributed by atoms with Crippen LogP contribution in [0.25, 0.3) is 0 Å². The van der Waals surface area contributed by atoms with Gasteiger partial charge in [-0.15, -0.1) is 0 Å². The molecule has 3 aliphatic heterocycles. The number of hydrogen-bond donors (Lipinski definition) is 2. The fourth-order valence-corrected chi connectivity index (χ4v) is 6.14. The first-order chi connectivity index (χ1) is 16.3. The lowest BCUT2D eigenvalue weighted by Gasteiger charge is -2.32. The van der Waals surface area contributed by atoms with Crippen molar-refractivity contribution in [2.75, 3.05) is 31.8 Å². The maximum absolute atomic E-state index is 13.4. The minimum absolute atomic E-state index is 0.101. The molecule has 2 aromatic carbocycles. The maximum Gasteiger partial charge on any atom is 0.262 e. The molecule has 2 aromatic rings. The number of benzene rings is 2. The Morgan fingerprint density at radius 3 is 2.82 bits per heavy atom. The molecule has 11 heteroatoms. The molecule has 3 aliphatic rings. The largest absolute Gasteiger partial charge is 0.482 e. The van der Waals surface area contributed by atoms with E-state index in [1.165, 1.54) is 10.4 Å². The third kappa shape index (κ3) is 4.28. The van der Waals surface area contributed by atoms with Crippen LogP contribution < -0.4 is 24.8 Å². The van der Waals surface area contributed by atoms with Gasteiger partial charge in [-0.1, -0.05) is 6.07 Å². The summed E-state index contributed by atoms with van der Waals surface area (Å²) in [5.41, 5.74) is 1.82. The predicted octanol–water partition coefficient (Wildman–Crippen LogP) is 1.77. The van der Waals surface area contributed by atoms with E-state index in [9.17, 15) is 18.0 Å². The Balaban J connectivity index is 1.27. The fraction of sp³-hybridized carbons (Fsp3) is 0.391. The number of fused-ring (bicyclic) bond motifs is 2. The van der Waals surface area contributed by atoms with Crippen LogP contribution >= 0.6 is 0 Å². The van der Waals surface area contributed by atoms with Crippen LogP contribution in [0, 0.1) is 12.8 Å². The smallest absolute Gasteiger partial charge is 0.262 e. The SMILES string of the molecule is Cc1cc2c(cc1S(=O)(=O)N1CCC[C@@H](C(=O)NCc3ccc4c(c3)OCO4)C1)OCC(=O)N2. The number of carbonyl (C=O) groups is 2. The zero-order valence-corrected chi connectivity index (χ0v) is 19.4. The van der Waals surface area contributed by atoms with E-state index in [4.69, 9.17) is 14.2 Å². The van der Waals surface area contributed by atoms with Crippen molar-refractivity contribution >= 4 is 27.5 Å². The van der Waals surface area contributed by atoms with Gasteiger partial charge >= 0.3 is 0 Å². The first kappa shape index (κ1) is 22.5. The second kappa shape index (κ2) is 8.80. The van der Waals surface area contributed by atoms with Gasteiger partial charge in [0.25, 0.3) is 5.91 Å². The quantitative estimate of drug-likeness (QED) is 0.659. The number of sulfonamides is 1. The van der Waals surface area contributed by atoms with E-state index in [1.54, 1.807) is 19.1 Å². The Morgan fingerprint density at radius 2 is 1.97 bits per heavy atom. The van der Waals surface area contributed by atoms with Gasteiger partial charge in [0.05, 0.1) is 16.5 Å². The van der Waals surface area contributed by atoms with E-state index in [0.29, 0.717) is 54.4 Å². The van der Waals surface area contributed by atoms with Crippen molar-refractivity contribution in [2.24, 2.45) is 5.92 Å². The van der Waals surface area contributed by atoms with Crippen LogP contribution in [0.5, 0.6) is 17.2 Å². The molecule has 0 bridgehead atoms. The summed E-state index contributed by atoms with van der Waals surface area (Å²) in [4.78, 5) is 24.5. The van der Waals surface area contributed by atoms with Gasteiger partial charge in [-0.2, -0.15) is 4.31 Å². The average molecular weight is 488 g/mol. The highest BCUT2D eigenvalue weighted by Crippen LogP contribution is 2.35. The van der Waals surface area contributed by atoms with Gasteiger partial charge in [-0.05, 0) is 49.1 Å². The molecule has 0 saturated carbocycles. The molecule has 0 aliphatic carbocycles. The molecule has 0 radical (unpaired) electrons. The highest BCUT2D eigenvalue weighted by Gasteiger charge is 2.35. The van der Waals surface area contributed by atoms with Gasteiger partial charge in [0.2, 0.25) is 22.7 Å². The second-order valence-corrected chi connectivity index (χ2v) is 10.5. The molecule has 10 nitrogen and oxygen atoms in total. The van der Waals surface area contributed by atoms with Gasteiger partial charge in [0, 0.05) is 25.7 Å². The molecular weight excluding hydrogens is 462 g/mol. The summed E-state index contributed by atoms with van der Waals surface area (Å²) in [7, 11) is -3.85. The third-order valence-corrected chi connectivity index (χ3v) is 8.19. The summed E-state index contributed by atoms with van der Waals surface area (Å²) in [5.74, 6) is 0.711. The minimum atomic E-state index is -3.85. The zero-order valence-electron chi connectivity index (χ0n) is 18.6. The summed E-state index contributed by atoms with van der Waals surface area (Å²) in [5, 5.41) is 5.59. The number of aryl methyl sites for hydroxylation is 1. The number of hydrogen-bond acceptors (Lipinski definition) is 7. The van der Waals surface area contributed by atoms with E-state index >= 15 is 0 Å². The van der Waals surface area contributed by atoms with E-state index < -0.39 is 15.9 Å². The highest BCUT2D eigenvalue weighted by molar-refractivity contribution is 7.89. The summed E-state index contributed by atoms with van der Waals surface area (Å²) >= 11 is 0. The molecule has 34 heavy (non-hydrogen) atoms. The lowest BCUT2D eigenvalue weighted by atomic mass is 9.98. The van der Waals surface area contributed by atoms with Crippen LogP contribution in [0.15, 0.2) is 35.2 Å². The monoisotopic (exact) mass is 487 g/mol. The van der Waals surface area contributed by atoms with E-state index in [0.717, 1.165) is 5.56 Å². The number of amides is 2. The number of nitrogens with one attached hydrogen (secondary N) is 2. The molecule has 0 unspecified atom stereocenters. The van der Waals surface area contributed by atoms with Crippen molar-refractivity contribution in [1.82, 2.24) is 9.62 Å². The fourth-order valence-electron chi connectivity index (χ4n) is 4.39. The number of piperidine rings is 1. The second-order valence-electron chi connectivity index (χ2n) is 8.56. The van der Waals surface area contributed by atoms with Crippen LogP contribution in [0.4, 0.5) is 5.69 Å². The summed E-state index contributed by atoms with van der Waals surface area (Å²) in [6, 6.07) is 8.52. The van der Waals surface area contributed by atoms with E-state index in [2.05, 4.69) is 10.6 Å². The molecule has 1 fully saturated rings. The standard InChI is InChI=1S/C23H25N3O7S/c1-14-7-17-19(31-12-22(27)25-17)9-21(14)34(29,30)26-6-2-3-16(11-26)23(28)24-10-15-4-5-18-20(8-15)33-13-32-18/h4-5,7-9,16H,2-3,6,10-13H2,1H3,(H,24,28)(H,25,27)/t16-/m1/s1. The highest BCUT2D eigenvalue weighted by atomic mass is 32.2. The van der Waals surface area contributed by atoms with Gasteiger partial charge in [0.15, 0.2) is 18.1 Å². The van der Waals surface area contributed by atoms with Gasteiger partial charge in [-0.3, -0.25) is 9.59 Å². The Morgan fingerprint density at radius 1 is 1.15 bits per heavy atom. The first-order valence-electron chi connectivity index (χ1n) is 11.0. The van der Waals surface area contributed by atoms with Crippen molar-refractivity contribution in [3.63, 3.8) is 0 Å². The Labute approximate surface area is 197 Å². The van der Waals surface area contributed by atoms with Crippen molar-refractivity contribution < 1.29 is 32.2 Å². The Bertz CT molecular complexity index is 1260. The van der Waals surface area contributed by atoms with Crippen molar-refractivity contribution in [1.29, 1.82) is 0 Å². The molecular formula is C23H25N3O7S. The maximum atomic E-state index is 13.4. The number of ether oxygens (including phenoxy) is 3. The van der Waals surface area contributed by atoms with Crippen LogP contribution in [0.3, 0.4) is 0 Å². The van der Waals surface area contributed by atoms with Gasteiger partial charge in [-0.25, -0.2) is 8.42 Å². The van der Waals surface area contributed by atoms with Gasteiger partial charge < -0.3 is 24.8 Å². The van der Waals surface area contributed by atoms with Crippen molar-refractivity contribution in [3.05, 3.63) is 41.5 Å². The molecule has 0 spiro atoms. The molecule has 2 N–H and O–H groups in total. The average Bonchev–Trinajstić information content (AvgIpc) is 3.30. The molecule has 2 amide bonds. The van der Waals surface area contributed by atoms with Gasteiger partial charge in [0.1, 0.15) is 5.75 Å². The molecule has 5 rings (SSSR count). The number of anilines is 1. The lowest BCUT2D eigenvalue weighted by molar-refractivity contribution is -0.126. The topological polar surface area (TPSA) is 123 Å². The Hall–Kier alpha value is -3.31. The summed E-state index contributed by atoms with van der Waals surface area (Å²) in [6.45, 7) is 2.44. The van der Waals surface area contributed by atoms with Crippen LogP contribution in [0.1, 0.15) is 24.0 Å². The number of rotatable bonds is 5.